The summed E-state index contributed by atoms with van der Waals surface area (Å²) in [6.07, 6.45) is 2.50. The molecule has 0 aliphatic heterocycles. The van der Waals surface area contributed by atoms with Crippen molar-refractivity contribution in [2.45, 2.75) is 32.8 Å². The van der Waals surface area contributed by atoms with E-state index in [4.69, 9.17) is 4.74 Å². The van der Waals surface area contributed by atoms with E-state index in [0.717, 1.165) is 30.0 Å². The van der Waals surface area contributed by atoms with Gasteiger partial charge in [0.2, 0.25) is 0 Å². The minimum atomic E-state index is 0.139. The summed E-state index contributed by atoms with van der Waals surface area (Å²) < 4.78 is 7.09. The van der Waals surface area contributed by atoms with Crippen molar-refractivity contribution in [1.82, 2.24) is 5.32 Å². The molecule has 0 amide bonds. The molecular weight excluding hydrogens is 290 g/mol. The monoisotopic (exact) mass is 313 g/mol. The van der Waals surface area contributed by atoms with E-state index in [-0.39, 0.29) is 6.10 Å². The summed E-state index contributed by atoms with van der Waals surface area (Å²) in [4.78, 5) is 0. The highest BCUT2D eigenvalue weighted by atomic mass is 79.9. The lowest BCUT2D eigenvalue weighted by Gasteiger charge is -2.18. The molecule has 1 aromatic carbocycles. The zero-order valence-electron chi connectivity index (χ0n) is 11.6. The molecule has 0 spiro atoms. The molecule has 0 aliphatic rings. The molecule has 0 heterocycles. The van der Waals surface area contributed by atoms with E-state index in [1.807, 2.05) is 13.1 Å². The summed E-state index contributed by atoms with van der Waals surface area (Å²) in [6, 6.07) is 8.35. The summed E-state index contributed by atoms with van der Waals surface area (Å²) >= 11 is 3.51. The van der Waals surface area contributed by atoms with Crippen molar-refractivity contribution >= 4 is 15.9 Å². The van der Waals surface area contributed by atoms with Crippen molar-refractivity contribution in [2.75, 3.05) is 20.2 Å². The second kappa shape index (κ2) is 8.68. The van der Waals surface area contributed by atoms with Gasteiger partial charge in [0.15, 0.2) is 0 Å². The van der Waals surface area contributed by atoms with Gasteiger partial charge in [-0.05, 0) is 43.5 Å². The number of benzene rings is 1. The van der Waals surface area contributed by atoms with Gasteiger partial charge in [0.1, 0.15) is 0 Å². The Morgan fingerprint density at radius 1 is 1.33 bits per heavy atom. The third-order valence-corrected chi connectivity index (χ3v) is 3.35. The Kier molecular flexibility index (Phi) is 7.56. The molecule has 1 aromatic rings. The average molecular weight is 314 g/mol. The van der Waals surface area contributed by atoms with Gasteiger partial charge < -0.3 is 10.1 Å². The van der Waals surface area contributed by atoms with Gasteiger partial charge in [0.25, 0.3) is 0 Å². The fraction of sp³-hybridized carbons (Fsp3) is 0.600. The Balaban J connectivity index is 2.49. The highest BCUT2D eigenvalue weighted by Gasteiger charge is 2.11. The van der Waals surface area contributed by atoms with Crippen molar-refractivity contribution in [2.24, 2.45) is 5.92 Å². The maximum atomic E-state index is 5.99. The standard InChI is InChI=1S/C15H24BrNO/c1-12(2)6-5-9-18-15(11-17-3)13-7-4-8-14(16)10-13/h4,7-8,10,12,15,17H,5-6,9,11H2,1-3H3. The smallest absolute Gasteiger partial charge is 0.0949 e. The predicted molar refractivity (Wildman–Crippen MR) is 80.8 cm³/mol. The van der Waals surface area contributed by atoms with Crippen LogP contribution in [0.5, 0.6) is 0 Å². The van der Waals surface area contributed by atoms with Gasteiger partial charge in [-0.15, -0.1) is 0 Å². The van der Waals surface area contributed by atoms with Crippen molar-refractivity contribution in [3.63, 3.8) is 0 Å². The van der Waals surface area contributed by atoms with Crippen molar-refractivity contribution < 1.29 is 4.74 Å². The molecule has 3 heteroatoms. The van der Waals surface area contributed by atoms with Gasteiger partial charge in [-0.3, -0.25) is 0 Å². The molecule has 0 bridgehead atoms. The summed E-state index contributed by atoms with van der Waals surface area (Å²) in [5.74, 6) is 0.752. The van der Waals surface area contributed by atoms with Gasteiger partial charge in [-0.1, -0.05) is 41.9 Å². The van der Waals surface area contributed by atoms with E-state index in [0.29, 0.717) is 0 Å². The second-order valence-corrected chi connectivity index (χ2v) is 5.92. The molecular formula is C15H24BrNO. The molecule has 1 N–H and O–H groups in total. The summed E-state index contributed by atoms with van der Waals surface area (Å²) in [6.45, 7) is 6.17. The first-order valence-corrected chi connectivity index (χ1v) is 7.44. The topological polar surface area (TPSA) is 21.3 Å². The molecule has 18 heavy (non-hydrogen) atoms. The Labute approximate surface area is 119 Å². The fourth-order valence-corrected chi connectivity index (χ4v) is 2.30. The van der Waals surface area contributed by atoms with Crippen LogP contribution >= 0.6 is 15.9 Å². The number of nitrogens with one attached hydrogen (secondary N) is 1. The lowest BCUT2D eigenvalue weighted by molar-refractivity contribution is 0.0499. The summed E-state index contributed by atoms with van der Waals surface area (Å²) in [7, 11) is 1.96. The van der Waals surface area contributed by atoms with Crippen LogP contribution in [-0.4, -0.2) is 20.2 Å². The molecule has 1 atom stereocenters. The molecule has 0 aromatic heterocycles. The van der Waals surface area contributed by atoms with Crippen LogP contribution in [0.1, 0.15) is 38.4 Å². The number of hydrogen-bond donors (Lipinski definition) is 1. The number of halogens is 1. The van der Waals surface area contributed by atoms with Gasteiger partial charge in [-0.25, -0.2) is 0 Å². The van der Waals surface area contributed by atoms with E-state index in [9.17, 15) is 0 Å². The molecule has 0 aliphatic carbocycles. The average Bonchev–Trinajstić information content (AvgIpc) is 2.33. The summed E-state index contributed by atoms with van der Waals surface area (Å²) in [5.41, 5.74) is 1.23. The highest BCUT2D eigenvalue weighted by molar-refractivity contribution is 9.10. The predicted octanol–water partition coefficient (Wildman–Crippen LogP) is 4.16. The normalized spacial score (nSPS) is 12.9. The van der Waals surface area contributed by atoms with E-state index < -0.39 is 0 Å². The zero-order chi connectivity index (χ0) is 13.4. The minimum Gasteiger partial charge on any atom is -0.372 e. The van der Waals surface area contributed by atoms with Crippen LogP contribution < -0.4 is 5.32 Å². The SMILES string of the molecule is CNCC(OCCCC(C)C)c1cccc(Br)c1. The molecule has 2 nitrogen and oxygen atoms in total. The second-order valence-electron chi connectivity index (χ2n) is 5.01. The van der Waals surface area contributed by atoms with Crippen LogP contribution in [0.2, 0.25) is 0 Å². The Morgan fingerprint density at radius 2 is 2.11 bits per heavy atom. The largest absolute Gasteiger partial charge is 0.372 e. The van der Waals surface area contributed by atoms with Crippen molar-refractivity contribution in [3.05, 3.63) is 34.3 Å². The van der Waals surface area contributed by atoms with Gasteiger partial charge in [0, 0.05) is 17.6 Å². The van der Waals surface area contributed by atoms with Crippen LogP contribution in [-0.2, 0) is 4.74 Å². The van der Waals surface area contributed by atoms with Crippen LogP contribution in [0.15, 0.2) is 28.7 Å². The zero-order valence-corrected chi connectivity index (χ0v) is 13.2. The number of likely N-dealkylation sites (N-methyl/N-ethyl adjacent to an activating group) is 1. The molecule has 0 saturated heterocycles. The molecule has 1 unspecified atom stereocenters. The van der Waals surface area contributed by atoms with Gasteiger partial charge in [0.05, 0.1) is 6.10 Å². The number of rotatable bonds is 8. The quantitative estimate of drug-likeness (QED) is 0.727. The highest BCUT2D eigenvalue weighted by Crippen LogP contribution is 2.21. The molecule has 0 radical (unpaired) electrons. The van der Waals surface area contributed by atoms with Crippen LogP contribution in [0.4, 0.5) is 0 Å². The third-order valence-electron chi connectivity index (χ3n) is 2.85. The number of hydrogen-bond acceptors (Lipinski definition) is 2. The van der Waals surface area contributed by atoms with Gasteiger partial charge in [-0.2, -0.15) is 0 Å². The Morgan fingerprint density at radius 3 is 2.72 bits per heavy atom. The van der Waals surface area contributed by atoms with E-state index in [1.165, 1.54) is 12.0 Å². The van der Waals surface area contributed by atoms with Crippen LogP contribution in [0.25, 0.3) is 0 Å². The molecule has 102 valence electrons. The number of ether oxygens (including phenoxy) is 1. The Hall–Kier alpha value is -0.380. The van der Waals surface area contributed by atoms with Gasteiger partial charge >= 0.3 is 0 Å². The fourth-order valence-electron chi connectivity index (χ4n) is 1.88. The van der Waals surface area contributed by atoms with Crippen molar-refractivity contribution in [3.8, 4) is 0 Å². The lowest BCUT2D eigenvalue weighted by Crippen LogP contribution is -2.20. The van der Waals surface area contributed by atoms with E-state index >= 15 is 0 Å². The first-order valence-electron chi connectivity index (χ1n) is 6.65. The maximum absolute atomic E-state index is 5.99. The molecule has 0 saturated carbocycles. The minimum absolute atomic E-state index is 0.139. The summed E-state index contributed by atoms with van der Waals surface area (Å²) in [5, 5.41) is 3.20. The third kappa shape index (κ3) is 5.98. The Bertz CT molecular complexity index is 341. The van der Waals surface area contributed by atoms with E-state index in [2.05, 4.69) is 53.3 Å². The first-order chi connectivity index (χ1) is 8.63. The first kappa shape index (κ1) is 15.7. The van der Waals surface area contributed by atoms with Crippen LogP contribution in [0, 0.1) is 5.92 Å². The van der Waals surface area contributed by atoms with Crippen molar-refractivity contribution in [1.29, 1.82) is 0 Å². The van der Waals surface area contributed by atoms with Crippen LogP contribution in [0.3, 0.4) is 0 Å². The molecule has 0 fully saturated rings. The molecule has 1 rings (SSSR count). The lowest BCUT2D eigenvalue weighted by atomic mass is 10.1. The van der Waals surface area contributed by atoms with E-state index in [1.54, 1.807) is 0 Å². The maximum Gasteiger partial charge on any atom is 0.0949 e.